The number of fused-ring (bicyclic) bond motifs is 1. The largest absolute Gasteiger partial charge is 0.490 e. The van der Waals surface area contributed by atoms with Gasteiger partial charge in [0.05, 0.1) is 22.6 Å². The lowest BCUT2D eigenvalue weighted by atomic mass is 9.96. The Hall–Kier alpha value is -3.91. The lowest BCUT2D eigenvalue weighted by Gasteiger charge is -2.41. The second-order valence-corrected chi connectivity index (χ2v) is 12.0. The number of aromatic amines is 1. The van der Waals surface area contributed by atoms with Crippen LogP contribution in [-0.2, 0) is 11.3 Å². The summed E-state index contributed by atoms with van der Waals surface area (Å²) >= 11 is 0. The van der Waals surface area contributed by atoms with Crippen molar-refractivity contribution in [2.75, 3.05) is 24.6 Å². The summed E-state index contributed by atoms with van der Waals surface area (Å²) in [6.45, 7) is 3.92. The first kappa shape index (κ1) is 30.1. The number of halogens is 3. The quantitative estimate of drug-likeness (QED) is 0.187. The fourth-order valence-corrected chi connectivity index (χ4v) is 5.82. The molecule has 0 amide bonds. The molecule has 3 aromatic carbocycles. The Balaban J connectivity index is 0.000000493. The van der Waals surface area contributed by atoms with Crippen LogP contribution in [0.25, 0.3) is 33.3 Å². The number of carboxylic acid groups (broad SMARTS) is 2. The molecular weight excluding hydrogens is 563 g/mol. The van der Waals surface area contributed by atoms with E-state index in [1.165, 1.54) is 5.56 Å². The van der Waals surface area contributed by atoms with E-state index >= 15 is 0 Å². The number of aromatic carboxylic acids is 1. The average Bonchev–Trinajstić information content (AvgIpc) is 3.29. The molecule has 4 aromatic rings. The Morgan fingerprint density at radius 2 is 1.54 bits per heavy atom. The highest BCUT2D eigenvalue weighted by molar-refractivity contribution is 8.24. The summed E-state index contributed by atoms with van der Waals surface area (Å²) in [5, 5.41) is 16.8. The number of nitrogens with one attached hydrogen (secondary N) is 1. The predicted octanol–water partition coefficient (Wildman–Crippen LogP) is 6.10. The topological polar surface area (TPSA) is 147 Å². The molecule has 0 atom stereocenters. The minimum atomic E-state index is -5.08. The second-order valence-electron chi connectivity index (χ2n) is 9.57. The number of alkyl halides is 3. The Morgan fingerprint density at radius 1 is 0.951 bits per heavy atom. The highest BCUT2D eigenvalue weighted by Gasteiger charge is 2.38. The number of imidazole rings is 1. The summed E-state index contributed by atoms with van der Waals surface area (Å²) in [6, 6.07) is 20.0. The number of aryl methyl sites for hydroxylation is 1. The van der Waals surface area contributed by atoms with Crippen LogP contribution in [0.15, 0.2) is 60.7 Å². The van der Waals surface area contributed by atoms with Crippen LogP contribution >= 0.6 is 10.6 Å². The van der Waals surface area contributed by atoms with E-state index in [-0.39, 0.29) is 5.56 Å². The number of carboxylic acids is 2. The molecular formula is C28H28F3N3O6S. The van der Waals surface area contributed by atoms with Gasteiger partial charge < -0.3 is 15.2 Å². The summed E-state index contributed by atoms with van der Waals surface area (Å²) in [7, 11) is -2.41. The molecule has 2 heterocycles. The number of nitrogens with zero attached hydrogens (tertiary/aromatic N) is 2. The van der Waals surface area contributed by atoms with Crippen LogP contribution in [0.2, 0.25) is 0 Å². The van der Waals surface area contributed by atoms with Crippen molar-refractivity contribution in [3.63, 3.8) is 0 Å². The molecule has 0 radical (unpaired) electrons. The Labute approximate surface area is 234 Å². The molecule has 1 aromatic heterocycles. The molecule has 1 aliphatic heterocycles. The molecule has 0 unspecified atom stereocenters. The lowest BCUT2D eigenvalue weighted by Crippen LogP contribution is -2.37. The molecule has 13 heteroatoms. The lowest BCUT2D eigenvalue weighted by molar-refractivity contribution is -0.192. The van der Waals surface area contributed by atoms with Crippen molar-refractivity contribution in [3.05, 3.63) is 77.6 Å². The molecule has 9 nitrogen and oxygen atoms in total. The predicted molar refractivity (Wildman–Crippen MR) is 150 cm³/mol. The minimum Gasteiger partial charge on any atom is -0.478 e. The van der Waals surface area contributed by atoms with Gasteiger partial charge in [-0.15, -0.1) is 0 Å². The van der Waals surface area contributed by atoms with Crippen molar-refractivity contribution < 1.29 is 42.1 Å². The Bertz CT molecular complexity index is 1560. The number of hydrogen-bond acceptors (Lipinski definition) is 6. The first-order valence-electron chi connectivity index (χ1n) is 12.4. The van der Waals surface area contributed by atoms with E-state index in [1.54, 1.807) is 6.07 Å². The van der Waals surface area contributed by atoms with Crippen molar-refractivity contribution in [2.24, 2.45) is 0 Å². The summed E-state index contributed by atoms with van der Waals surface area (Å²) < 4.78 is 51.5. The van der Waals surface area contributed by atoms with Gasteiger partial charge in [0.15, 0.2) is 0 Å². The van der Waals surface area contributed by atoms with Gasteiger partial charge in [-0.2, -0.15) is 23.8 Å². The molecule has 5 N–H and O–H groups in total. The number of benzene rings is 3. The van der Waals surface area contributed by atoms with E-state index in [0.717, 1.165) is 28.8 Å². The van der Waals surface area contributed by atoms with E-state index in [0.29, 0.717) is 41.5 Å². The summed E-state index contributed by atoms with van der Waals surface area (Å²) in [5.41, 5.74) is 6.52. The average molecular weight is 592 g/mol. The number of rotatable bonds is 5. The zero-order valence-electron chi connectivity index (χ0n) is 21.9. The maximum Gasteiger partial charge on any atom is 0.490 e. The third kappa shape index (κ3) is 7.44. The standard InChI is InChI=1S/C26H27N3O4S.C2HF3O2/c1-17-27-24-15-21(14-23(26(30)31)25(24)28-17)18-6-8-19(9-7-18)22-5-3-2-4-20(22)16-29-10-12-34(32,33)13-11-29;3-2(4,5)1(6)7/h2-9,14-15,32-33H,10-13,16H2,1H3,(H,27,28)(H,30,31);(H,6,7). The van der Waals surface area contributed by atoms with E-state index in [4.69, 9.17) is 9.90 Å². The number of aliphatic carboxylic acids is 1. The van der Waals surface area contributed by atoms with Gasteiger partial charge in [-0.1, -0.05) is 48.5 Å². The van der Waals surface area contributed by atoms with E-state index in [9.17, 15) is 32.2 Å². The fourth-order valence-electron chi connectivity index (χ4n) is 4.52. The summed E-state index contributed by atoms with van der Waals surface area (Å²) in [5.74, 6) is -2.21. The second kappa shape index (κ2) is 11.9. The smallest absolute Gasteiger partial charge is 0.478 e. The van der Waals surface area contributed by atoms with Crippen LogP contribution in [0.4, 0.5) is 13.2 Å². The van der Waals surface area contributed by atoms with E-state index < -0.39 is 28.7 Å². The molecule has 0 bridgehead atoms. The van der Waals surface area contributed by atoms with Gasteiger partial charge in [-0.25, -0.2) is 14.6 Å². The molecule has 1 saturated heterocycles. The Kier molecular flexibility index (Phi) is 8.73. The van der Waals surface area contributed by atoms with Gasteiger partial charge in [0.25, 0.3) is 0 Å². The van der Waals surface area contributed by atoms with E-state index in [1.807, 2.05) is 37.3 Å². The normalized spacial score (nSPS) is 16.0. The molecule has 1 aliphatic rings. The summed E-state index contributed by atoms with van der Waals surface area (Å²) in [6.07, 6.45) is -5.08. The molecule has 0 spiro atoms. The third-order valence-corrected chi connectivity index (χ3v) is 8.26. The molecule has 218 valence electrons. The fraction of sp³-hybridized carbons (Fsp3) is 0.250. The maximum atomic E-state index is 11.8. The molecule has 41 heavy (non-hydrogen) atoms. The van der Waals surface area contributed by atoms with Gasteiger partial charge in [-0.05, 0) is 46.9 Å². The van der Waals surface area contributed by atoms with Gasteiger partial charge >= 0.3 is 18.1 Å². The van der Waals surface area contributed by atoms with Crippen LogP contribution in [0, 0.1) is 6.92 Å². The van der Waals surface area contributed by atoms with Gasteiger partial charge in [0, 0.05) is 19.6 Å². The zero-order chi connectivity index (χ0) is 29.9. The molecule has 0 saturated carbocycles. The summed E-state index contributed by atoms with van der Waals surface area (Å²) in [4.78, 5) is 30.4. The van der Waals surface area contributed by atoms with Crippen LogP contribution in [-0.4, -0.2) is 76.9 Å². The van der Waals surface area contributed by atoms with E-state index in [2.05, 4.69) is 39.1 Å². The van der Waals surface area contributed by atoms with Crippen molar-refractivity contribution >= 4 is 33.6 Å². The zero-order valence-corrected chi connectivity index (χ0v) is 22.7. The van der Waals surface area contributed by atoms with Gasteiger partial charge in [-0.3, -0.25) is 14.0 Å². The van der Waals surface area contributed by atoms with Crippen LogP contribution < -0.4 is 0 Å². The van der Waals surface area contributed by atoms with Crippen molar-refractivity contribution in [3.8, 4) is 22.3 Å². The van der Waals surface area contributed by atoms with Crippen LogP contribution in [0.3, 0.4) is 0 Å². The monoisotopic (exact) mass is 591 g/mol. The van der Waals surface area contributed by atoms with Crippen LogP contribution in [0.1, 0.15) is 21.7 Å². The van der Waals surface area contributed by atoms with Crippen LogP contribution in [0.5, 0.6) is 0 Å². The van der Waals surface area contributed by atoms with Crippen molar-refractivity contribution in [1.29, 1.82) is 0 Å². The number of aromatic nitrogens is 2. The maximum absolute atomic E-state index is 11.8. The first-order chi connectivity index (χ1) is 19.2. The number of carbonyl (C=O) groups is 2. The highest BCUT2D eigenvalue weighted by Crippen LogP contribution is 2.41. The van der Waals surface area contributed by atoms with Crippen molar-refractivity contribution in [1.82, 2.24) is 14.9 Å². The molecule has 0 aliphatic carbocycles. The highest BCUT2D eigenvalue weighted by atomic mass is 32.3. The first-order valence-corrected chi connectivity index (χ1v) is 14.3. The third-order valence-electron chi connectivity index (χ3n) is 6.59. The van der Waals surface area contributed by atoms with Gasteiger partial charge in [0.2, 0.25) is 0 Å². The number of hydrogen-bond donors (Lipinski definition) is 5. The van der Waals surface area contributed by atoms with Gasteiger partial charge in [0.1, 0.15) is 11.3 Å². The van der Waals surface area contributed by atoms with Crippen molar-refractivity contribution in [2.45, 2.75) is 19.6 Å². The molecule has 5 rings (SSSR count). The number of H-pyrrole nitrogens is 1. The minimum absolute atomic E-state index is 0.185. The SMILES string of the molecule is Cc1nc2c(C(=O)O)cc(-c3ccc(-c4ccccc4CN4CCS(O)(O)CC4)cc3)cc2[nH]1.O=C(O)C(F)(F)F. The molecule has 1 fully saturated rings. The Morgan fingerprint density at radius 3 is 2.12 bits per heavy atom.